The quantitative estimate of drug-likeness (QED) is 0.217. The average Bonchev–Trinajstić information content (AvgIpc) is 3.72. The SMILES string of the molecule is C=C/C=C(\c1cc(-c2n[nH]c3ccc(-c4cncc(NC(=C)C5CCCC5)c4)cc23)[nH]c1C)N1CCN(C)CC1. The molecule has 3 N–H and O–H groups in total. The van der Waals surface area contributed by atoms with E-state index in [9.17, 15) is 0 Å². The molecule has 0 atom stereocenters. The Morgan fingerprint density at radius 2 is 1.85 bits per heavy atom. The first-order valence-electron chi connectivity index (χ1n) is 14.4. The van der Waals surface area contributed by atoms with Gasteiger partial charge in [-0.05, 0) is 68.6 Å². The Hall–Kier alpha value is -4.10. The first-order chi connectivity index (χ1) is 19.5. The summed E-state index contributed by atoms with van der Waals surface area (Å²) in [5.74, 6) is 0.556. The number of hydrogen-bond acceptors (Lipinski definition) is 5. The Morgan fingerprint density at radius 3 is 2.62 bits per heavy atom. The normalized spacial score (nSPS) is 17.1. The minimum Gasteiger partial charge on any atom is -0.368 e. The van der Waals surface area contributed by atoms with Crippen LogP contribution in [0.5, 0.6) is 0 Å². The molecule has 3 aromatic heterocycles. The van der Waals surface area contributed by atoms with Crippen molar-refractivity contribution in [2.45, 2.75) is 32.6 Å². The second-order valence-corrected chi connectivity index (χ2v) is 11.2. The fraction of sp³-hybridized carbons (Fsp3) is 0.333. The average molecular weight is 534 g/mol. The molecule has 206 valence electrons. The third-order valence-corrected chi connectivity index (χ3v) is 8.45. The molecule has 6 rings (SSSR count). The summed E-state index contributed by atoms with van der Waals surface area (Å²) in [7, 11) is 2.18. The zero-order valence-electron chi connectivity index (χ0n) is 23.6. The Balaban J connectivity index is 1.30. The number of pyridine rings is 1. The van der Waals surface area contributed by atoms with Crippen LogP contribution in [-0.4, -0.2) is 63.2 Å². The molecule has 2 aliphatic rings. The molecule has 0 spiro atoms. The van der Waals surface area contributed by atoms with Crippen molar-refractivity contribution in [3.63, 3.8) is 0 Å². The molecular formula is C33H39N7. The smallest absolute Gasteiger partial charge is 0.116 e. The Morgan fingerprint density at radius 1 is 1.05 bits per heavy atom. The molecule has 4 aromatic rings. The fourth-order valence-corrected chi connectivity index (χ4v) is 6.10. The monoisotopic (exact) mass is 533 g/mol. The molecule has 0 bridgehead atoms. The van der Waals surface area contributed by atoms with E-state index in [-0.39, 0.29) is 0 Å². The number of aryl methyl sites for hydroxylation is 1. The highest BCUT2D eigenvalue weighted by atomic mass is 15.3. The number of rotatable bonds is 8. The predicted octanol–water partition coefficient (Wildman–Crippen LogP) is 6.82. The zero-order chi connectivity index (χ0) is 27.6. The minimum absolute atomic E-state index is 0.556. The first-order valence-corrected chi connectivity index (χ1v) is 14.4. The lowest BCUT2D eigenvalue weighted by molar-refractivity contribution is 0.207. The van der Waals surface area contributed by atoms with Crippen LogP contribution in [0, 0.1) is 12.8 Å². The lowest BCUT2D eigenvalue weighted by Crippen LogP contribution is -2.43. The van der Waals surface area contributed by atoms with Gasteiger partial charge < -0.3 is 20.1 Å². The summed E-state index contributed by atoms with van der Waals surface area (Å²) in [6.07, 6.45) is 12.8. The topological polar surface area (TPSA) is 75.9 Å². The number of aromatic amines is 2. The van der Waals surface area contributed by atoms with Crippen LogP contribution >= 0.6 is 0 Å². The molecule has 4 heterocycles. The van der Waals surface area contributed by atoms with Crippen LogP contribution in [0.1, 0.15) is 36.9 Å². The van der Waals surface area contributed by atoms with Gasteiger partial charge in [-0.15, -0.1) is 0 Å². The maximum absolute atomic E-state index is 4.73. The number of hydrogen-bond donors (Lipinski definition) is 3. The predicted molar refractivity (Wildman–Crippen MR) is 166 cm³/mol. The van der Waals surface area contributed by atoms with E-state index in [0.717, 1.165) is 76.7 Å². The number of anilines is 1. The standard InChI is InChI=1S/C33H39N7/c1-5-8-32(40-15-13-39(4)14-16-40)28-19-31(36-23(28)3)33-29-18-25(11-12-30(29)37-38-33)26-17-27(21-34-20-26)35-22(2)24-9-6-7-10-24/h5,8,11-12,17-21,24,35-36H,1-2,6-7,9-10,13-16H2,3-4H3,(H,37,38)/b32-8+. The number of allylic oxidation sites excluding steroid dienone is 3. The number of piperazine rings is 1. The van der Waals surface area contributed by atoms with E-state index in [4.69, 9.17) is 5.10 Å². The number of likely N-dealkylation sites (N-methyl/N-ethyl adjacent to an activating group) is 1. The molecule has 0 amide bonds. The van der Waals surface area contributed by atoms with Crippen LogP contribution in [0.3, 0.4) is 0 Å². The molecule has 0 radical (unpaired) electrons. The van der Waals surface area contributed by atoms with Crippen molar-refractivity contribution >= 4 is 22.3 Å². The van der Waals surface area contributed by atoms with Crippen molar-refractivity contribution in [2.75, 3.05) is 38.5 Å². The molecular weight excluding hydrogens is 494 g/mol. The van der Waals surface area contributed by atoms with Gasteiger partial charge >= 0.3 is 0 Å². The second-order valence-electron chi connectivity index (χ2n) is 11.2. The molecule has 1 aliphatic heterocycles. The summed E-state index contributed by atoms with van der Waals surface area (Å²) in [6.45, 7) is 14.5. The molecule has 7 heteroatoms. The number of H-pyrrole nitrogens is 2. The maximum atomic E-state index is 4.73. The summed E-state index contributed by atoms with van der Waals surface area (Å²) in [6, 6.07) is 10.8. The molecule has 1 aliphatic carbocycles. The van der Waals surface area contributed by atoms with Gasteiger partial charge in [0.2, 0.25) is 0 Å². The van der Waals surface area contributed by atoms with Crippen molar-refractivity contribution in [1.29, 1.82) is 0 Å². The van der Waals surface area contributed by atoms with Gasteiger partial charge in [0.15, 0.2) is 0 Å². The number of nitrogens with zero attached hydrogens (tertiary/aromatic N) is 4. The molecule has 1 saturated heterocycles. The molecule has 1 saturated carbocycles. The summed E-state index contributed by atoms with van der Waals surface area (Å²) in [4.78, 5) is 13.0. The van der Waals surface area contributed by atoms with Gasteiger partial charge in [0.25, 0.3) is 0 Å². The van der Waals surface area contributed by atoms with Crippen LogP contribution in [-0.2, 0) is 0 Å². The fourth-order valence-electron chi connectivity index (χ4n) is 6.10. The lowest BCUT2D eigenvalue weighted by Gasteiger charge is -2.35. The van der Waals surface area contributed by atoms with Crippen molar-refractivity contribution in [3.05, 3.63) is 85.0 Å². The van der Waals surface area contributed by atoms with E-state index in [1.165, 1.54) is 36.9 Å². The molecule has 2 fully saturated rings. The van der Waals surface area contributed by atoms with E-state index < -0.39 is 0 Å². The van der Waals surface area contributed by atoms with E-state index in [1.54, 1.807) is 0 Å². The molecule has 1 aromatic carbocycles. The molecule has 7 nitrogen and oxygen atoms in total. The van der Waals surface area contributed by atoms with Crippen LogP contribution in [0.2, 0.25) is 0 Å². The van der Waals surface area contributed by atoms with Crippen molar-refractivity contribution in [2.24, 2.45) is 5.92 Å². The summed E-state index contributed by atoms with van der Waals surface area (Å²) >= 11 is 0. The summed E-state index contributed by atoms with van der Waals surface area (Å²) in [5.41, 5.74) is 10.7. The van der Waals surface area contributed by atoms with Gasteiger partial charge in [-0.2, -0.15) is 5.10 Å². The second kappa shape index (κ2) is 11.2. The van der Waals surface area contributed by atoms with Gasteiger partial charge in [-0.1, -0.05) is 38.1 Å². The number of fused-ring (bicyclic) bond motifs is 1. The Bertz CT molecular complexity index is 1560. The van der Waals surface area contributed by atoms with Gasteiger partial charge in [-0.25, -0.2) is 0 Å². The van der Waals surface area contributed by atoms with Crippen molar-refractivity contribution in [3.8, 4) is 22.5 Å². The third kappa shape index (κ3) is 5.21. The van der Waals surface area contributed by atoms with Gasteiger partial charge in [0, 0.05) is 66.0 Å². The maximum Gasteiger partial charge on any atom is 0.116 e. The largest absolute Gasteiger partial charge is 0.368 e. The Labute approximate surface area is 236 Å². The molecule has 0 unspecified atom stereocenters. The van der Waals surface area contributed by atoms with Crippen LogP contribution in [0.25, 0.3) is 39.1 Å². The van der Waals surface area contributed by atoms with Gasteiger partial charge in [0.1, 0.15) is 5.69 Å². The summed E-state index contributed by atoms with van der Waals surface area (Å²) < 4.78 is 0. The number of benzene rings is 1. The van der Waals surface area contributed by atoms with Gasteiger partial charge in [0.05, 0.1) is 23.1 Å². The summed E-state index contributed by atoms with van der Waals surface area (Å²) in [5, 5.41) is 12.6. The zero-order valence-corrected chi connectivity index (χ0v) is 23.6. The van der Waals surface area contributed by atoms with E-state index >= 15 is 0 Å². The van der Waals surface area contributed by atoms with E-state index in [2.05, 4.69) is 93.7 Å². The highest BCUT2D eigenvalue weighted by molar-refractivity contribution is 5.95. The van der Waals surface area contributed by atoms with E-state index in [0.29, 0.717) is 5.92 Å². The number of nitrogens with one attached hydrogen (secondary N) is 3. The molecule has 40 heavy (non-hydrogen) atoms. The van der Waals surface area contributed by atoms with Gasteiger partial charge in [-0.3, -0.25) is 10.1 Å². The van der Waals surface area contributed by atoms with E-state index in [1.807, 2.05) is 18.5 Å². The highest BCUT2D eigenvalue weighted by Gasteiger charge is 2.22. The minimum atomic E-state index is 0.556. The lowest BCUT2D eigenvalue weighted by atomic mass is 10.0. The van der Waals surface area contributed by atoms with Crippen molar-refractivity contribution in [1.82, 2.24) is 30.0 Å². The van der Waals surface area contributed by atoms with Crippen LogP contribution < -0.4 is 5.32 Å². The number of aromatic nitrogens is 4. The third-order valence-electron chi connectivity index (χ3n) is 8.45. The first kappa shape index (κ1) is 26.1. The van der Waals surface area contributed by atoms with Crippen LogP contribution in [0.4, 0.5) is 5.69 Å². The highest BCUT2D eigenvalue weighted by Crippen LogP contribution is 2.35. The van der Waals surface area contributed by atoms with Crippen LogP contribution in [0.15, 0.2) is 73.7 Å². The Kier molecular flexibility index (Phi) is 7.30. The van der Waals surface area contributed by atoms with Crippen molar-refractivity contribution < 1.29 is 0 Å².